The largest absolute Gasteiger partial charge is 0.486 e. The molecule has 23 heavy (non-hydrogen) atoms. The number of halogens is 2. The van der Waals surface area contributed by atoms with Crippen molar-refractivity contribution in [2.45, 2.75) is 32.5 Å². The Morgan fingerprint density at radius 2 is 1.74 bits per heavy atom. The predicted molar refractivity (Wildman–Crippen MR) is 95.2 cm³/mol. The Hall–Kier alpha value is -1.26. The molecule has 0 saturated heterocycles. The number of ether oxygens (including phenoxy) is 1. The van der Waals surface area contributed by atoms with Crippen LogP contribution in [0.15, 0.2) is 42.5 Å². The normalized spacial score (nSPS) is 12.2. The van der Waals surface area contributed by atoms with Crippen LogP contribution in [0.1, 0.15) is 24.5 Å². The summed E-state index contributed by atoms with van der Waals surface area (Å²) in [6, 6.07) is 13.6. The van der Waals surface area contributed by atoms with Crippen LogP contribution in [0.3, 0.4) is 0 Å². The van der Waals surface area contributed by atoms with Gasteiger partial charge in [0.1, 0.15) is 6.61 Å². The molecule has 5 heteroatoms. The molecule has 0 aromatic heterocycles. The maximum absolute atomic E-state index is 9.20. The van der Waals surface area contributed by atoms with Crippen LogP contribution < -0.4 is 10.1 Å². The minimum Gasteiger partial charge on any atom is -0.486 e. The summed E-state index contributed by atoms with van der Waals surface area (Å²) in [4.78, 5) is 0. The van der Waals surface area contributed by atoms with E-state index in [4.69, 9.17) is 27.9 Å². The molecule has 2 aromatic rings. The van der Waals surface area contributed by atoms with E-state index >= 15 is 0 Å². The van der Waals surface area contributed by atoms with Crippen molar-refractivity contribution in [3.8, 4) is 5.75 Å². The van der Waals surface area contributed by atoms with E-state index in [2.05, 4.69) is 5.32 Å². The molecule has 0 aliphatic rings. The molecule has 0 radical (unpaired) electrons. The van der Waals surface area contributed by atoms with Crippen molar-refractivity contribution >= 4 is 23.2 Å². The first-order chi connectivity index (χ1) is 11.1. The zero-order valence-electron chi connectivity index (χ0n) is 13.1. The van der Waals surface area contributed by atoms with Gasteiger partial charge in [0.2, 0.25) is 0 Å². The van der Waals surface area contributed by atoms with Gasteiger partial charge in [-0.3, -0.25) is 0 Å². The van der Waals surface area contributed by atoms with Crippen LogP contribution in [-0.2, 0) is 13.2 Å². The second kappa shape index (κ2) is 9.14. The van der Waals surface area contributed by atoms with Gasteiger partial charge < -0.3 is 15.2 Å². The molecule has 3 nitrogen and oxygen atoms in total. The second-order valence-electron chi connectivity index (χ2n) is 5.33. The Bertz CT molecular complexity index is 593. The van der Waals surface area contributed by atoms with Crippen molar-refractivity contribution in [3.05, 3.63) is 63.6 Å². The van der Waals surface area contributed by atoms with E-state index in [1.54, 1.807) is 0 Å². The van der Waals surface area contributed by atoms with Crippen LogP contribution in [0.4, 0.5) is 0 Å². The topological polar surface area (TPSA) is 41.5 Å². The number of rotatable bonds is 8. The van der Waals surface area contributed by atoms with Gasteiger partial charge >= 0.3 is 0 Å². The van der Waals surface area contributed by atoms with E-state index < -0.39 is 0 Å². The third-order valence-electron chi connectivity index (χ3n) is 3.59. The number of aliphatic hydroxyl groups is 1. The molecule has 1 atom stereocenters. The molecule has 0 amide bonds. The van der Waals surface area contributed by atoms with Crippen LogP contribution >= 0.6 is 23.2 Å². The summed E-state index contributed by atoms with van der Waals surface area (Å²) in [5, 5.41) is 13.4. The molecule has 2 aromatic carbocycles. The lowest BCUT2D eigenvalue weighted by molar-refractivity contribution is 0.238. The maximum atomic E-state index is 9.20. The van der Waals surface area contributed by atoms with Crippen LogP contribution in [0, 0.1) is 0 Å². The molecule has 0 unspecified atom stereocenters. The molecule has 0 aliphatic carbocycles. The van der Waals surface area contributed by atoms with Crippen LogP contribution in [-0.4, -0.2) is 17.8 Å². The lowest BCUT2D eigenvalue weighted by atomic mass is 10.2. The Kier molecular flexibility index (Phi) is 7.18. The molecular formula is C18H21Cl2NO2. The van der Waals surface area contributed by atoms with E-state index in [0.717, 1.165) is 17.5 Å². The Balaban J connectivity index is 2.02. The molecule has 0 aliphatic heterocycles. The van der Waals surface area contributed by atoms with Gasteiger partial charge in [0, 0.05) is 12.6 Å². The number of hydrogen-bond donors (Lipinski definition) is 2. The Morgan fingerprint density at radius 3 is 2.30 bits per heavy atom. The van der Waals surface area contributed by atoms with Crippen molar-refractivity contribution in [3.63, 3.8) is 0 Å². The third kappa shape index (κ3) is 5.40. The van der Waals surface area contributed by atoms with Crippen LogP contribution in [0.25, 0.3) is 0 Å². The molecule has 2 N–H and O–H groups in total. The summed E-state index contributed by atoms with van der Waals surface area (Å²) in [6.07, 6.45) is 0.857. The fraction of sp³-hybridized carbons (Fsp3) is 0.333. The van der Waals surface area contributed by atoms with Crippen LogP contribution in [0.5, 0.6) is 5.75 Å². The summed E-state index contributed by atoms with van der Waals surface area (Å²) in [5.41, 5.74) is 2.01. The second-order valence-corrected chi connectivity index (χ2v) is 6.15. The van der Waals surface area contributed by atoms with Crippen molar-refractivity contribution in [2.75, 3.05) is 6.61 Å². The fourth-order valence-electron chi connectivity index (χ4n) is 2.18. The van der Waals surface area contributed by atoms with E-state index in [0.29, 0.717) is 28.9 Å². The van der Waals surface area contributed by atoms with Crippen molar-refractivity contribution in [2.24, 2.45) is 0 Å². The zero-order chi connectivity index (χ0) is 16.7. The first-order valence-electron chi connectivity index (χ1n) is 7.63. The molecular weight excluding hydrogens is 333 g/mol. The molecule has 0 heterocycles. The number of nitrogens with one attached hydrogen (secondary N) is 1. The number of benzene rings is 2. The maximum Gasteiger partial charge on any atom is 0.156 e. The van der Waals surface area contributed by atoms with Crippen molar-refractivity contribution in [1.29, 1.82) is 0 Å². The monoisotopic (exact) mass is 353 g/mol. The highest BCUT2D eigenvalue weighted by atomic mass is 35.5. The summed E-state index contributed by atoms with van der Waals surface area (Å²) in [6.45, 7) is 3.14. The van der Waals surface area contributed by atoms with E-state index in [1.807, 2.05) is 49.4 Å². The SMILES string of the molecule is CC[C@H](CO)NCc1cc(Cl)c(OCc2ccccc2)c(Cl)c1. The van der Waals surface area contributed by atoms with Gasteiger partial charge in [-0.1, -0.05) is 60.5 Å². The minimum atomic E-state index is 0.0709. The van der Waals surface area contributed by atoms with Gasteiger partial charge in [0.15, 0.2) is 5.75 Å². The zero-order valence-corrected chi connectivity index (χ0v) is 14.6. The highest BCUT2D eigenvalue weighted by molar-refractivity contribution is 6.37. The van der Waals surface area contributed by atoms with Crippen molar-refractivity contribution < 1.29 is 9.84 Å². The van der Waals surface area contributed by atoms with E-state index in [9.17, 15) is 5.11 Å². The molecule has 0 fully saturated rings. The average molecular weight is 354 g/mol. The standard InChI is InChI=1S/C18H21Cl2NO2/c1-2-15(11-22)21-10-14-8-16(19)18(17(20)9-14)23-12-13-6-4-3-5-7-13/h3-9,15,21-22H,2,10-12H2,1H3/t15-/m1/s1. The fourth-order valence-corrected chi connectivity index (χ4v) is 2.82. The Labute approximate surface area is 147 Å². The van der Waals surface area contributed by atoms with Gasteiger partial charge in [0.25, 0.3) is 0 Å². The quantitative estimate of drug-likeness (QED) is 0.737. The molecule has 0 saturated carbocycles. The minimum absolute atomic E-state index is 0.0709. The molecule has 2 rings (SSSR count). The third-order valence-corrected chi connectivity index (χ3v) is 4.15. The molecule has 0 bridgehead atoms. The first-order valence-corrected chi connectivity index (χ1v) is 8.38. The van der Waals surface area contributed by atoms with E-state index in [-0.39, 0.29) is 12.6 Å². The van der Waals surface area contributed by atoms with E-state index in [1.165, 1.54) is 0 Å². The average Bonchev–Trinajstić information content (AvgIpc) is 2.56. The Morgan fingerprint density at radius 1 is 1.09 bits per heavy atom. The lowest BCUT2D eigenvalue weighted by Crippen LogP contribution is -2.31. The van der Waals surface area contributed by atoms with Crippen LogP contribution in [0.2, 0.25) is 10.0 Å². The van der Waals surface area contributed by atoms with Crippen molar-refractivity contribution in [1.82, 2.24) is 5.32 Å². The summed E-state index contributed by atoms with van der Waals surface area (Å²) < 4.78 is 5.75. The van der Waals surface area contributed by atoms with Gasteiger partial charge in [0.05, 0.1) is 16.7 Å². The van der Waals surface area contributed by atoms with Gasteiger partial charge in [-0.05, 0) is 29.7 Å². The smallest absolute Gasteiger partial charge is 0.156 e. The molecule has 0 spiro atoms. The number of aliphatic hydroxyl groups excluding tert-OH is 1. The summed E-state index contributed by atoms with van der Waals surface area (Å²) >= 11 is 12.6. The number of hydrogen-bond acceptors (Lipinski definition) is 3. The predicted octanol–water partition coefficient (Wildman–Crippen LogP) is 4.43. The summed E-state index contributed by atoms with van der Waals surface area (Å²) in [7, 11) is 0. The summed E-state index contributed by atoms with van der Waals surface area (Å²) in [5.74, 6) is 0.495. The molecule has 124 valence electrons. The highest BCUT2D eigenvalue weighted by Crippen LogP contribution is 2.34. The van der Waals surface area contributed by atoms with Gasteiger partial charge in [-0.15, -0.1) is 0 Å². The first kappa shape index (κ1) is 18.1. The highest BCUT2D eigenvalue weighted by Gasteiger charge is 2.11. The lowest BCUT2D eigenvalue weighted by Gasteiger charge is -2.16. The van der Waals surface area contributed by atoms with Gasteiger partial charge in [-0.2, -0.15) is 0 Å². The van der Waals surface area contributed by atoms with Gasteiger partial charge in [-0.25, -0.2) is 0 Å².